The fraction of sp³-hybridized carbons (Fsp3) is 0.400. The molecule has 0 amide bonds. The highest BCUT2D eigenvalue weighted by molar-refractivity contribution is 5.93. The maximum absolute atomic E-state index is 4.90. The van der Waals surface area contributed by atoms with Crippen LogP contribution in [0.15, 0.2) is 24.5 Å². The minimum absolute atomic E-state index is 0.304. The molecule has 0 aliphatic heterocycles. The van der Waals surface area contributed by atoms with Crippen molar-refractivity contribution in [2.75, 3.05) is 5.32 Å². The summed E-state index contributed by atoms with van der Waals surface area (Å²) < 4.78 is 2.17. The minimum atomic E-state index is 0.304. The number of aromatic nitrogens is 6. The van der Waals surface area contributed by atoms with Crippen molar-refractivity contribution in [2.45, 2.75) is 53.1 Å². The Morgan fingerprint density at radius 3 is 2.70 bits per heavy atom. The van der Waals surface area contributed by atoms with Crippen molar-refractivity contribution in [2.24, 2.45) is 0 Å². The second-order valence-corrected chi connectivity index (χ2v) is 7.27. The van der Waals surface area contributed by atoms with Gasteiger partial charge < -0.3 is 14.9 Å². The summed E-state index contributed by atoms with van der Waals surface area (Å²) in [7, 11) is 0. The summed E-state index contributed by atoms with van der Waals surface area (Å²) in [5.74, 6) is 1.62. The summed E-state index contributed by atoms with van der Waals surface area (Å²) >= 11 is 0. The van der Waals surface area contributed by atoms with Gasteiger partial charge in [-0.1, -0.05) is 6.92 Å². The molecular formula is C20H25N7. The zero-order chi connectivity index (χ0) is 19.1. The molecule has 2 N–H and O–H groups in total. The van der Waals surface area contributed by atoms with Gasteiger partial charge in [0.25, 0.3) is 0 Å². The van der Waals surface area contributed by atoms with Crippen LogP contribution in [0.3, 0.4) is 0 Å². The van der Waals surface area contributed by atoms with Crippen LogP contribution in [0.5, 0.6) is 0 Å². The zero-order valence-electron chi connectivity index (χ0n) is 16.4. The molecule has 7 heteroatoms. The van der Waals surface area contributed by atoms with Crippen LogP contribution in [-0.4, -0.2) is 35.5 Å². The molecule has 7 nitrogen and oxygen atoms in total. The molecule has 1 atom stereocenters. The topological polar surface area (TPSA) is 84.3 Å². The Hall–Kier alpha value is -2.96. The highest BCUT2D eigenvalue weighted by Crippen LogP contribution is 2.29. The molecule has 4 rings (SSSR count). The number of pyridine rings is 1. The van der Waals surface area contributed by atoms with E-state index in [9.17, 15) is 0 Å². The summed E-state index contributed by atoms with van der Waals surface area (Å²) in [5.41, 5.74) is 4.52. The van der Waals surface area contributed by atoms with Crippen LogP contribution in [0, 0.1) is 6.92 Å². The monoisotopic (exact) mass is 363 g/mol. The van der Waals surface area contributed by atoms with Crippen LogP contribution < -0.4 is 5.32 Å². The van der Waals surface area contributed by atoms with Crippen LogP contribution in [0.2, 0.25) is 0 Å². The maximum Gasteiger partial charge on any atom is 0.224 e. The van der Waals surface area contributed by atoms with Crippen LogP contribution in [-0.2, 0) is 0 Å². The molecule has 0 saturated heterocycles. The maximum atomic E-state index is 4.90. The van der Waals surface area contributed by atoms with Gasteiger partial charge in [0.2, 0.25) is 5.95 Å². The van der Waals surface area contributed by atoms with E-state index in [-0.39, 0.29) is 0 Å². The molecule has 0 fully saturated rings. The van der Waals surface area contributed by atoms with Gasteiger partial charge in [0, 0.05) is 35.4 Å². The second-order valence-electron chi connectivity index (χ2n) is 7.27. The second kappa shape index (κ2) is 6.64. The number of hydrogen-bond acceptors (Lipinski definition) is 5. The van der Waals surface area contributed by atoms with Gasteiger partial charge in [0.1, 0.15) is 17.0 Å². The molecule has 4 heterocycles. The molecular weight excluding hydrogens is 338 g/mol. The van der Waals surface area contributed by atoms with Crippen molar-refractivity contribution in [3.05, 3.63) is 30.4 Å². The first-order valence-corrected chi connectivity index (χ1v) is 9.44. The van der Waals surface area contributed by atoms with Gasteiger partial charge in [-0.3, -0.25) is 0 Å². The number of fused-ring (bicyclic) bond motifs is 2. The lowest BCUT2D eigenvalue weighted by Gasteiger charge is -2.11. The molecule has 0 aliphatic carbocycles. The quantitative estimate of drug-likeness (QED) is 0.546. The predicted molar refractivity (Wildman–Crippen MR) is 109 cm³/mol. The molecule has 0 spiro atoms. The Morgan fingerprint density at radius 1 is 1.15 bits per heavy atom. The average molecular weight is 363 g/mol. The van der Waals surface area contributed by atoms with Gasteiger partial charge in [0.15, 0.2) is 5.65 Å². The number of aryl methyl sites for hydroxylation is 1. The number of imidazole rings is 1. The van der Waals surface area contributed by atoms with Crippen molar-refractivity contribution in [1.82, 2.24) is 29.5 Å². The van der Waals surface area contributed by atoms with E-state index in [0.29, 0.717) is 18.0 Å². The van der Waals surface area contributed by atoms with Crippen molar-refractivity contribution >= 4 is 28.1 Å². The summed E-state index contributed by atoms with van der Waals surface area (Å²) in [6.45, 7) is 10.6. The number of anilines is 1. The molecule has 1 unspecified atom stereocenters. The fourth-order valence-electron chi connectivity index (χ4n) is 3.37. The van der Waals surface area contributed by atoms with E-state index in [1.807, 2.05) is 31.5 Å². The molecule has 140 valence electrons. The molecule has 0 bridgehead atoms. The average Bonchev–Trinajstić information content (AvgIpc) is 3.20. The lowest BCUT2D eigenvalue weighted by molar-refractivity contribution is 0.595. The van der Waals surface area contributed by atoms with E-state index < -0.39 is 0 Å². The number of rotatable bonds is 5. The van der Waals surface area contributed by atoms with Crippen LogP contribution >= 0.6 is 0 Å². The third kappa shape index (κ3) is 3.03. The molecule has 4 aromatic rings. The van der Waals surface area contributed by atoms with E-state index in [4.69, 9.17) is 4.98 Å². The van der Waals surface area contributed by atoms with E-state index in [1.54, 1.807) is 0 Å². The molecule has 4 aromatic heterocycles. The number of H-pyrrole nitrogens is 1. The van der Waals surface area contributed by atoms with Gasteiger partial charge in [-0.05, 0) is 46.2 Å². The molecule has 27 heavy (non-hydrogen) atoms. The van der Waals surface area contributed by atoms with Gasteiger partial charge in [-0.15, -0.1) is 0 Å². The molecule has 0 saturated carbocycles. The summed E-state index contributed by atoms with van der Waals surface area (Å²) in [6, 6.07) is 4.67. The van der Waals surface area contributed by atoms with Crippen molar-refractivity contribution < 1.29 is 0 Å². The number of aromatic amines is 1. The lowest BCUT2D eigenvalue weighted by Crippen LogP contribution is -2.15. The van der Waals surface area contributed by atoms with E-state index in [2.05, 4.69) is 57.5 Å². The van der Waals surface area contributed by atoms with Gasteiger partial charge >= 0.3 is 0 Å². The lowest BCUT2D eigenvalue weighted by atomic mass is 10.1. The Balaban J connectivity index is 1.79. The largest absolute Gasteiger partial charge is 0.352 e. The SMILES string of the molecule is CCC(C)Nc1ncc2c(-c3ccc4nc(C)n(C(C)C)c4n3)c[nH]c2n1. The van der Waals surface area contributed by atoms with Crippen molar-refractivity contribution in [3.63, 3.8) is 0 Å². The van der Waals surface area contributed by atoms with Crippen LogP contribution in [0.4, 0.5) is 5.95 Å². The highest BCUT2D eigenvalue weighted by atomic mass is 15.1. The number of hydrogen-bond donors (Lipinski definition) is 2. The van der Waals surface area contributed by atoms with Crippen LogP contribution in [0.25, 0.3) is 33.5 Å². The Labute approximate surface area is 158 Å². The molecule has 0 radical (unpaired) electrons. The Kier molecular flexibility index (Phi) is 4.30. The van der Waals surface area contributed by atoms with Crippen molar-refractivity contribution in [1.29, 1.82) is 0 Å². The standard InChI is InChI=1S/C20H25N7/c1-6-12(4)23-20-22-10-15-14(9-21-18(15)26-20)16-7-8-17-19(25-16)27(11(2)3)13(5)24-17/h7-12H,6H2,1-5H3,(H2,21,22,23,26). The zero-order valence-corrected chi connectivity index (χ0v) is 16.4. The third-order valence-corrected chi connectivity index (χ3v) is 4.93. The first-order chi connectivity index (χ1) is 13.0. The first kappa shape index (κ1) is 17.5. The number of nitrogens with zero attached hydrogens (tertiary/aromatic N) is 5. The van der Waals surface area contributed by atoms with E-state index >= 15 is 0 Å². The normalized spacial score (nSPS) is 13.0. The van der Waals surface area contributed by atoms with E-state index in [0.717, 1.165) is 45.7 Å². The number of nitrogens with one attached hydrogen (secondary N) is 2. The Morgan fingerprint density at radius 2 is 1.96 bits per heavy atom. The van der Waals surface area contributed by atoms with E-state index in [1.165, 1.54) is 0 Å². The third-order valence-electron chi connectivity index (χ3n) is 4.93. The predicted octanol–water partition coefficient (Wildman–Crippen LogP) is 4.47. The smallest absolute Gasteiger partial charge is 0.224 e. The molecule has 0 aliphatic rings. The minimum Gasteiger partial charge on any atom is -0.352 e. The van der Waals surface area contributed by atoms with Crippen molar-refractivity contribution in [3.8, 4) is 11.3 Å². The van der Waals surface area contributed by atoms with Gasteiger partial charge in [-0.25, -0.2) is 15.0 Å². The van der Waals surface area contributed by atoms with Gasteiger partial charge in [-0.2, -0.15) is 4.98 Å². The summed E-state index contributed by atoms with van der Waals surface area (Å²) in [5, 5.41) is 4.27. The Bertz CT molecular complexity index is 1110. The first-order valence-electron chi connectivity index (χ1n) is 9.44. The fourth-order valence-corrected chi connectivity index (χ4v) is 3.37. The van der Waals surface area contributed by atoms with Gasteiger partial charge in [0.05, 0.1) is 5.69 Å². The van der Waals surface area contributed by atoms with Crippen LogP contribution in [0.1, 0.15) is 46.0 Å². The molecule has 0 aromatic carbocycles. The summed E-state index contributed by atoms with van der Waals surface area (Å²) in [4.78, 5) is 21.9. The highest BCUT2D eigenvalue weighted by Gasteiger charge is 2.15. The summed E-state index contributed by atoms with van der Waals surface area (Å²) in [6.07, 6.45) is 4.82.